The van der Waals surface area contributed by atoms with E-state index in [1.54, 1.807) is 0 Å². The van der Waals surface area contributed by atoms with E-state index in [0.29, 0.717) is 6.04 Å². The molecule has 3 heteroatoms. The maximum absolute atomic E-state index is 12.6. The van der Waals surface area contributed by atoms with Crippen molar-refractivity contribution in [1.82, 2.24) is 10.6 Å². The first-order valence-corrected chi connectivity index (χ1v) is 8.91. The Balaban J connectivity index is 1.77. The van der Waals surface area contributed by atoms with E-state index >= 15 is 0 Å². The molecule has 2 aromatic carbocycles. The van der Waals surface area contributed by atoms with Crippen LogP contribution in [0.4, 0.5) is 4.79 Å². The Morgan fingerprint density at radius 3 is 2.33 bits per heavy atom. The normalized spacial score (nSPS) is 16.4. The third-order valence-corrected chi connectivity index (χ3v) is 4.85. The predicted molar refractivity (Wildman–Crippen MR) is 98.0 cm³/mol. The van der Waals surface area contributed by atoms with Gasteiger partial charge in [0.2, 0.25) is 0 Å². The first-order chi connectivity index (χ1) is 11.7. The largest absolute Gasteiger partial charge is 0.335 e. The van der Waals surface area contributed by atoms with Gasteiger partial charge in [0.1, 0.15) is 0 Å². The van der Waals surface area contributed by atoms with Gasteiger partial charge in [-0.15, -0.1) is 0 Å². The van der Waals surface area contributed by atoms with Crippen LogP contribution >= 0.6 is 0 Å². The van der Waals surface area contributed by atoms with Gasteiger partial charge < -0.3 is 10.6 Å². The number of nitrogens with one attached hydrogen (secondary N) is 2. The Labute approximate surface area is 144 Å². The van der Waals surface area contributed by atoms with Crippen molar-refractivity contribution in [2.75, 3.05) is 0 Å². The highest BCUT2D eigenvalue weighted by molar-refractivity contribution is 5.75. The average molecular weight is 322 g/mol. The fourth-order valence-electron chi connectivity index (χ4n) is 3.50. The van der Waals surface area contributed by atoms with E-state index in [4.69, 9.17) is 0 Å². The minimum atomic E-state index is -0.129. The third kappa shape index (κ3) is 4.16. The van der Waals surface area contributed by atoms with Gasteiger partial charge in [-0.25, -0.2) is 4.79 Å². The number of carbonyl (C=O) groups is 1. The molecule has 0 bridgehead atoms. The summed E-state index contributed by atoms with van der Waals surface area (Å²) < 4.78 is 0. The first-order valence-electron chi connectivity index (χ1n) is 8.91. The van der Waals surface area contributed by atoms with Crippen molar-refractivity contribution in [3.8, 4) is 0 Å². The third-order valence-electron chi connectivity index (χ3n) is 4.85. The second-order valence-electron chi connectivity index (χ2n) is 6.65. The van der Waals surface area contributed by atoms with Gasteiger partial charge in [-0.2, -0.15) is 0 Å². The Morgan fingerprint density at radius 1 is 0.958 bits per heavy atom. The Morgan fingerprint density at radius 2 is 1.62 bits per heavy atom. The molecule has 0 spiro atoms. The number of amides is 2. The van der Waals surface area contributed by atoms with Gasteiger partial charge in [0, 0.05) is 6.04 Å². The lowest BCUT2D eigenvalue weighted by atomic mass is 9.94. The van der Waals surface area contributed by atoms with Crippen molar-refractivity contribution in [3.63, 3.8) is 0 Å². The summed E-state index contributed by atoms with van der Waals surface area (Å²) in [7, 11) is 0. The zero-order chi connectivity index (χ0) is 16.8. The van der Waals surface area contributed by atoms with E-state index in [1.165, 1.54) is 24.8 Å². The topological polar surface area (TPSA) is 41.1 Å². The van der Waals surface area contributed by atoms with Crippen LogP contribution in [-0.2, 0) is 0 Å². The molecule has 24 heavy (non-hydrogen) atoms. The van der Waals surface area contributed by atoms with Crippen LogP contribution in [0, 0.1) is 6.92 Å². The molecule has 3 nitrogen and oxygen atoms in total. The highest BCUT2D eigenvalue weighted by Crippen LogP contribution is 2.25. The molecule has 2 amide bonds. The van der Waals surface area contributed by atoms with Gasteiger partial charge in [-0.1, -0.05) is 73.9 Å². The Bertz CT molecular complexity index is 663. The van der Waals surface area contributed by atoms with E-state index in [9.17, 15) is 4.79 Å². The SMILES string of the molecule is Cc1ccccc1[C@@H](NC(=O)NC1CCCCC1)c1ccccc1. The highest BCUT2D eigenvalue weighted by atomic mass is 16.2. The second-order valence-corrected chi connectivity index (χ2v) is 6.65. The highest BCUT2D eigenvalue weighted by Gasteiger charge is 2.21. The van der Waals surface area contributed by atoms with Gasteiger partial charge in [0.25, 0.3) is 0 Å². The number of carbonyl (C=O) groups excluding carboxylic acids is 1. The summed E-state index contributed by atoms with van der Waals surface area (Å²) in [6.07, 6.45) is 5.90. The summed E-state index contributed by atoms with van der Waals surface area (Å²) in [5.41, 5.74) is 3.43. The van der Waals surface area contributed by atoms with E-state index in [2.05, 4.69) is 41.8 Å². The van der Waals surface area contributed by atoms with E-state index in [-0.39, 0.29) is 12.1 Å². The molecule has 1 saturated carbocycles. The molecule has 1 fully saturated rings. The molecular formula is C21H26N2O. The fraction of sp³-hybridized carbons (Fsp3) is 0.381. The molecule has 1 aliphatic carbocycles. The molecule has 0 heterocycles. The second kappa shape index (κ2) is 8.00. The summed E-state index contributed by atoms with van der Waals surface area (Å²) in [6, 6.07) is 18.5. The molecule has 126 valence electrons. The van der Waals surface area contributed by atoms with Gasteiger partial charge in [0.05, 0.1) is 6.04 Å². The Hall–Kier alpha value is -2.29. The van der Waals surface area contributed by atoms with E-state index in [1.807, 2.05) is 30.3 Å². The smallest absolute Gasteiger partial charge is 0.315 e. The summed E-state index contributed by atoms with van der Waals surface area (Å²) >= 11 is 0. The quantitative estimate of drug-likeness (QED) is 0.840. The molecule has 3 rings (SSSR count). The lowest BCUT2D eigenvalue weighted by molar-refractivity contribution is 0.230. The van der Waals surface area contributed by atoms with Crippen LogP contribution in [0.5, 0.6) is 0 Å². The molecule has 1 aliphatic rings. The van der Waals surface area contributed by atoms with Gasteiger partial charge in [-0.05, 0) is 36.5 Å². The van der Waals surface area contributed by atoms with Gasteiger partial charge in [-0.3, -0.25) is 0 Å². The minimum absolute atomic E-state index is 0.0704. The van der Waals surface area contributed by atoms with Crippen molar-refractivity contribution in [3.05, 3.63) is 71.3 Å². The molecule has 0 aliphatic heterocycles. The lowest BCUT2D eigenvalue weighted by Crippen LogP contribution is -2.44. The monoisotopic (exact) mass is 322 g/mol. The van der Waals surface area contributed by atoms with Crippen LogP contribution in [0.25, 0.3) is 0 Å². The zero-order valence-corrected chi connectivity index (χ0v) is 14.3. The van der Waals surface area contributed by atoms with Crippen LogP contribution in [0.2, 0.25) is 0 Å². The molecule has 0 saturated heterocycles. The number of benzene rings is 2. The number of hydrogen-bond donors (Lipinski definition) is 2. The van der Waals surface area contributed by atoms with E-state index in [0.717, 1.165) is 24.0 Å². The number of rotatable bonds is 4. The predicted octanol–water partition coefficient (Wildman–Crippen LogP) is 4.72. The average Bonchev–Trinajstić information content (AvgIpc) is 2.62. The maximum atomic E-state index is 12.6. The fourth-order valence-corrected chi connectivity index (χ4v) is 3.50. The number of hydrogen-bond acceptors (Lipinski definition) is 1. The Kier molecular flexibility index (Phi) is 5.52. The molecule has 1 atom stereocenters. The van der Waals surface area contributed by atoms with Crippen LogP contribution in [0.1, 0.15) is 54.8 Å². The molecular weight excluding hydrogens is 296 g/mol. The van der Waals surface area contributed by atoms with Crippen molar-refractivity contribution < 1.29 is 4.79 Å². The first kappa shape index (κ1) is 16.6. The van der Waals surface area contributed by atoms with Crippen molar-refractivity contribution >= 4 is 6.03 Å². The molecule has 2 N–H and O–H groups in total. The van der Waals surface area contributed by atoms with E-state index < -0.39 is 0 Å². The minimum Gasteiger partial charge on any atom is -0.335 e. The summed E-state index contributed by atoms with van der Waals surface area (Å²) in [4.78, 5) is 12.6. The van der Waals surface area contributed by atoms with Crippen LogP contribution in [0.3, 0.4) is 0 Å². The summed E-state index contributed by atoms with van der Waals surface area (Å²) in [5.74, 6) is 0. The molecule has 2 aromatic rings. The lowest BCUT2D eigenvalue weighted by Gasteiger charge is -2.26. The van der Waals surface area contributed by atoms with Crippen LogP contribution in [0.15, 0.2) is 54.6 Å². The summed E-state index contributed by atoms with van der Waals surface area (Å²) in [5, 5.41) is 6.35. The van der Waals surface area contributed by atoms with Gasteiger partial charge in [0.15, 0.2) is 0 Å². The van der Waals surface area contributed by atoms with Crippen molar-refractivity contribution in [1.29, 1.82) is 0 Å². The molecule has 0 unspecified atom stereocenters. The standard InChI is InChI=1S/C21H26N2O/c1-16-10-8-9-15-19(16)20(17-11-4-2-5-12-17)23-21(24)22-18-13-6-3-7-14-18/h2,4-5,8-12,15,18,20H,3,6-7,13-14H2,1H3,(H2,22,23,24)/t20-/m0/s1. The summed E-state index contributed by atoms with van der Waals surface area (Å²) in [6.45, 7) is 2.09. The van der Waals surface area contributed by atoms with Crippen LogP contribution in [-0.4, -0.2) is 12.1 Å². The maximum Gasteiger partial charge on any atom is 0.315 e. The zero-order valence-electron chi connectivity index (χ0n) is 14.3. The number of urea groups is 1. The van der Waals surface area contributed by atoms with Crippen LogP contribution < -0.4 is 10.6 Å². The van der Waals surface area contributed by atoms with Crippen molar-refractivity contribution in [2.24, 2.45) is 0 Å². The van der Waals surface area contributed by atoms with Crippen molar-refractivity contribution in [2.45, 2.75) is 51.1 Å². The molecule has 0 radical (unpaired) electrons. The number of aryl methyl sites for hydroxylation is 1. The van der Waals surface area contributed by atoms with Gasteiger partial charge >= 0.3 is 6.03 Å². The molecule has 0 aromatic heterocycles.